The van der Waals surface area contributed by atoms with Gasteiger partial charge in [0.1, 0.15) is 5.58 Å². The second-order valence-electron chi connectivity index (χ2n) is 5.52. The molecule has 1 aliphatic rings. The minimum absolute atomic E-state index is 0.882. The fourth-order valence-corrected chi connectivity index (χ4v) is 3.05. The van der Waals surface area contributed by atoms with Gasteiger partial charge in [0.15, 0.2) is 5.58 Å². The molecule has 0 saturated carbocycles. The second kappa shape index (κ2) is 4.55. The highest BCUT2D eigenvalue weighted by Gasteiger charge is 2.20. The highest BCUT2D eigenvalue weighted by Crippen LogP contribution is 2.38. The molecular weight excluding hydrogens is 260 g/mol. The van der Waals surface area contributed by atoms with Crippen LogP contribution in [0.5, 0.6) is 0 Å². The summed E-state index contributed by atoms with van der Waals surface area (Å²) in [5.74, 6) is 0. The lowest BCUT2D eigenvalue weighted by molar-refractivity contribution is 0.429. The zero-order chi connectivity index (χ0) is 14.4. The van der Waals surface area contributed by atoms with Gasteiger partial charge in [0.05, 0.1) is 12.4 Å². The molecule has 3 heteroatoms. The molecule has 0 fully saturated rings. The van der Waals surface area contributed by atoms with Crippen LogP contribution in [-0.4, -0.2) is 18.1 Å². The Balaban J connectivity index is 1.95. The van der Waals surface area contributed by atoms with Crippen LogP contribution in [0.1, 0.15) is 12.5 Å². The van der Waals surface area contributed by atoms with Gasteiger partial charge in [0.2, 0.25) is 0 Å². The minimum Gasteiger partial charge on any atom is -0.454 e. The van der Waals surface area contributed by atoms with E-state index in [0.29, 0.717) is 0 Å². The Morgan fingerprint density at radius 2 is 1.90 bits per heavy atom. The molecule has 0 bridgehead atoms. The summed E-state index contributed by atoms with van der Waals surface area (Å²) in [6.45, 7) is 6.21. The molecule has 1 aromatic heterocycles. The van der Waals surface area contributed by atoms with Crippen LogP contribution in [-0.2, 0) is 0 Å². The van der Waals surface area contributed by atoms with Crippen LogP contribution in [0.25, 0.3) is 21.9 Å². The van der Waals surface area contributed by atoms with E-state index in [9.17, 15) is 0 Å². The van der Waals surface area contributed by atoms with E-state index in [1.54, 1.807) is 0 Å². The van der Waals surface area contributed by atoms with Crippen molar-refractivity contribution in [2.24, 2.45) is 0 Å². The van der Waals surface area contributed by atoms with Gasteiger partial charge in [-0.2, -0.15) is 0 Å². The van der Waals surface area contributed by atoms with Gasteiger partial charge in [-0.15, -0.1) is 0 Å². The molecule has 106 valence electrons. The Kier molecular flexibility index (Phi) is 2.67. The van der Waals surface area contributed by atoms with E-state index in [4.69, 9.17) is 4.42 Å². The fraction of sp³-hybridized carbons (Fsp3) is 0.222. The average Bonchev–Trinajstić information content (AvgIpc) is 3.10. The number of furan rings is 1. The van der Waals surface area contributed by atoms with E-state index in [0.717, 1.165) is 24.4 Å². The molecule has 3 nitrogen and oxygen atoms in total. The number of hydrogen-bond acceptors (Lipinski definition) is 3. The van der Waals surface area contributed by atoms with Crippen LogP contribution in [0.3, 0.4) is 0 Å². The van der Waals surface area contributed by atoms with Gasteiger partial charge < -0.3 is 14.2 Å². The number of hydrogen-bond donors (Lipinski definition) is 0. The molecule has 0 saturated heterocycles. The Labute approximate surface area is 124 Å². The summed E-state index contributed by atoms with van der Waals surface area (Å²) in [6, 6.07) is 12.6. The van der Waals surface area contributed by atoms with E-state index in [-0.39, 0.29) is 0 Å². The van der Waals surface area contributed by atoms with Crippen molar-refractivity contribution in [3.63, 3.8) is 0 Å². The van der Waals surface area contributed by atoms with Gasteiger partial charge in [0.25, 0.3) is 0 Å². The van der Waals surface area contributed by atoms with Crippen LogP contribution < -0.4 is 4.90 Å². The highest BCUT2D eigenvalue weighted by molar-refractivity contribution is 6.09. The standard InChI is InChI=1S/C18H18N2O/c1-3-19-10-11-20(12-19)17-13(2)8-9-15-14-6-4-5-7-16(14)21-18(15)17/h4-11H,3,12H2,1-2H3. The molecule has 0 atom stereocenters. The first-order valence-electron chi connectivity index (χ1n) is 7.38. The Morgan fingerprint density at radius 3 is 2.71 bits per heavy atom. The van der Waals surface area contributed by atoms with Crippen LogP contribution in [0.2, 0.25) is 0 Å². The van der Waals surface area contributed by atoms with Crippen LogP contribution in [0, 0.1) is 6.92 Å². The molecule has 4 rings (SSSR count). The molecular formula is C18H18N2O. The van der Waals surface area contributed by atoms with E-state index < -0.39 is 0 Å². The molecule has 0 N–H and O–H groups in total. The summed E-state index contributed by atoms with van der Waals surface area (Å²) < 4.78 is 6.15. The number of aryl methyl sites for hydroxylation is 1. The maximum absolute atomic E-state index is 6.15. The van der Waals surface area contributed by atoms with Crippen molar-refractivity contribution in [1.29, 1.82) is 0 Å². The van der Waals surface area contributed by atoms with Crippen molar-refractivity contribution in [3.05, 3.63) is 54.4 Å². The van der Waals surface area contributed by atoms with E-state index >= 15 is 0 Å². The fourth-order valence-electron chi connectivity index (χ4n) is 3.05. The molecule has 2 aromatic carbocycles. The Hall–Kier alpha value is -2.42. The SMILES string of the molecule is CCN1C=CN(c2c(C)ccc3c2oc2ccccc23)C1. The predicted octanol–water partition coefficient (Wildman–Crippen LogP) is 4.47. The molecule has 0 aliphatic carbocycles. The molecule has 2 heterocycles. The Bertz CT molecular complexity index is 847. The lowest BCUT2D eigenvalue weighted by Gasteiger charge is -2.21. The Morgan fingerprint density at radius 1 is 1.05 bits per heavy atom. The summed E-state index contributed by atoms with van der Waals surface area (Å²) in [7, 11) is 0. The number of anilines is 1. The lowest BCUT2D eigenvalue weighted by Crippen LogP contribution is -2.25. The minimum atomic E-state index is 0.882. The summed E-state index contributed by atoms with van der Waals surface area (Å²) in [4.78, 5) is 4.55. The molecule has 1 aliphatic heterocycles. The topological polar surface area (TPSA) is 19.6 Å². The largest absolute Gasteiger partial charge is 0.454 e. The van der Waals surface area contributed by atoms with Crippen molar-refractivity contribution in [2.75, 3.05) is 18.1 Å². The third kappa shape index (κ3) is 1.81. The quantitative estimate of drug-likeness (QED) is 0.689. The van der Waals surface area contributed by atoms with Crippen LogP contribution in [0.15, 0.2) is 53.2 Å². The summed E-state index contributed by atoms with van der Waals surface area (Å²) in [5.41, 5.74) is 4.36. The molecule has 21 heavy (non-hydrogen) atoms. The van der Waals surface area contributed by atoms with Gasteiger partial charge >= 0.3 is 0 Å². The normalized spacial score (nSPS) is 14.8. The third-order valence-corrected chi connectivity index (χ3v) is 4.21. The monoisotopic (exact) mass is 278 g/mol. The van der Waals surface area contributed by atoms with Gasteiger partial charge in [-0.1, -0.05) is 30.3 Å². The molecule has 0 radical (unpaired) electrons. The molecule has 0 amide bonds. The average molecular weight is 278 g/mol. The lowest BCUT2D eigenvalue weighted by atomic mass is 10.1. The maximum atomic E-state index is 6.15. The summed E-state index contributed by atoms with van der Waals surface area (Å²) in [5, 5.41) is 2.37. The molecule has 0 spiro atoms. The summed E-state index contributed by atoms with van der Waals surface area (Å²) in [6.07, 6.45) is 4.28. The van der Waals surface area contributed by atoms with Crippen LogP contribution >= 0.6 is 0 Å². The third-order valence-electron chi connectivity index (χ3n) is 4.21. The first kappa shape index (κ1) is 12.3. The number of rotatable bonds is 2. The highest BCUT2D eigenvalue weighted by atomic mass is 16.3. The maximum Gasteiger partial charge on any atom is 0.159 e. The smallest absolute Gasteiger partial charge is 0.159 e. The summed E-state index contributed by atoms with van der Waals surface area (Å²) >= 11 is 0. The number of para-hydroxylation sites is 1. The van der Waals surface area contributed by atoms with E-state index in [2.05, 4.69) is 60.3 Å². The van der Waals surface area contributed by atoms with E-state index in [1.807, 2.05) is 12.1 Å². The van der Waals surface area contributed by atoms with Crippen molar-refractivity contribution in [3.8, 4) is 0 Å². The van der Waals surface area contributed by atoms with Crippen molar-refractivity contribution in [1.82, 2.24) is 4.90 Å². The second-order valence-corrected chi connectivity index (χ2v) is 5.52. The zero-order valence-corrected chi connectivity index (χ0v) is 12.3. The predicted molar refractivity (Wildman–Crippen MR) is 87.3 cm³/mol. The number of benzene rings is 2. The van der Waals surface area contributed by atoms with E-state index in [1.165, 1.54) is 22.0 Å². The molecule has 0 unspecified atom stereocenters. The van der Waals surface area contributed by atoms with Gasteiger partial charge in [0, 0.05) is 29.7 Å². The molecule has 3 aromatic rings. The number of nitrogens with zero attached hydrogens (tertiary/aromatic N) is 2. The first-order valence-corrected chi connectivity index (χ1v) is 7.38. The van der Waals surface area contributed by atoms with Crippen molar-refractivity contribution in [2.45, 2.75) is 13.8 Å². The van der Waals surface area contributed by atoms with Crippen molar-refractivity contribution < 1.29 is 4.42 Å². The van der Waals surface area contributed by atoms with Crippen LogP contribution in [0.4, 0.5) is 5.69 Å². The van der Waals surface area contributed by atoms with Gasteiger partial charge in [-0.3, -0.25) is 0 Å². The van der Waals surface area contributed by atoms with Gasteiger partial charge in [-0.05, 0) is 25.5 Å². The number of fused-ring (bicyclic) bond motifs is 3. The zero-order valence-electron chi connectivity index (χ0n) is 12.3. The van der Waals surface area contributed by atoms with Crippen molar-refractivity contribution >= 4 is 27.6 Å². The van der Waals surface area contributed by atoms with Gasteiger partial charge in [-0.25, -0.2) is 0 Å². The first-order chi connectivity index (χ1) is 10.3.